The fraction of sp³-hybridized carbons (Fsp3) is 0.400. The number of carbonyl (C=O) groups is 3. The third kappa shape index (κ3) is 3.24. The highest BCUT2D eigenvalue weighted by atomic mass is 35.5. The zero-order valence-corrected chi connectivity index (χ0v) is 12.7. The van der Waals surface area contributed by atoms with Crippen molar-refractivity contribution in [3.05, 3.63) is 34.9 Å². The second kappa shape index (κ2) is 5.85. The number of hydrogen-bond acceptors (Lipinski definition) is 3. The van der Waals surface area contributed by atoms with Crippen LogP contribution in [0.1, 0.15) is 25.8 Å². The van der Waals surface area contributed by atoms with Crippen LogP contribution in [0.2, 0.25) is 5.02 Å². The lowest BCUT2D eigenvalue weighted by Crippen LogP contribution is -2.65. The summed E-state index contributed by atoms with van der Waals surface area (Å²) in [7, 11) is 0. The van der Waals surface area contributed by atoms with Crippen LogP contribution >= 0.6 is 11.6 Å². The largest absolute Gasteiger partial charge is 0.319 e. The van der Waals surface area contributed by atoms with Crippen LogP contribution in [0.3, 0.4) is 0 Å². The first-order chi connectivity index (χ1) is 9.82. The van der Waals surface area contributed by atoms with Gasteiger partial charge in [0.2, 0.25) is 11.8 Å². The summed E-state index contributed by atoms with van der Waals surface area (Å²) in [5.74, 6) is -1.14. The third-order valence-electron chi connectivity index (χ3n) is 3.65. The highest BCUT2D eigenvalue weighted by Crippen LogP contribution is 2.21. The fourth-order valence-electron chi connectivity index (χ4n) is 2.26. The average Bonchev–Trinajstić information content (AvgIpc) is 2.42. The smallest absolute Gasteiger partial charge is 0.252 e. The van der Waals surface area contributed by atoms with Gasteiger partial charge in [0.05, 0.1) is 0 Å². The number of nitrogens with one attached hydrogen (secondary N) is 1. The van der Waals surface area contributed by atoms with E-state index in [4.69, 9.17) is 11.6 Å². The first kappa shape index (κ1) is 15.5. The van der Waals surface area contributed by atoms with Crippen LogP contribution in [-0.4, -0.2) is 34.7 Å². The molecule has 0 unspecified atom stereocenters. The van der Waals surface area contributed by atoms with Crippen LogP contribution in [0.25, 0.3) is 0 Å². The molecular formula is C15H17ClN2O3. The normalized spacial score (nSPS) is 17.6. The molecule has 1 aromatic carbocycles. The van der Waals surface area contributed by atoms with Crippen LogP contribution in [0.5, 0.6) is 0 Å². The SMILES string of the molecule is CC1(C)C(=O)NC(=O)CN1C(=O)CCc1ccccc1Cl. The summed E-state index contributed by atoms with van der Waals surface area (Å²) >= 11 is 6.05. The molecular weight excluding hydrogens is 292 g/mol. The molecule has 1 aliphatic rings. The number of benzene rings is 1. The van der Waals surface area contributed by atoms with Crippen molar-refractivity contribution in [2.24, 2.45) is 0 Å². The Balaban J connectivity index is 2.07. The van der Waals surface area contributed by atoms with E-state index in [0.717, 1.165) is 5.56 Å². The first-order valence-corrected chi connectivity index (χ1v) is 7.08. The molecule has 0 spiro atoms. The van der Waals surface area contributed by atoms with Gasteiger partial charge in [-0.3, -0.25) is 19.7 Å². The Labute approximate surface area is 128 Å². The van der Waals surface area contributed by atoms with E-state index < -0.39 is 17.4 Å². The molecule has 5 nitrogen and oxygen atoms in total. The minimum atomic E-state index is -1.02. The maximum atomic E-state index is 12.3. The van der Waals surface area contributed by atoms with Gasteiger partial charge in [-0.15, -0.1) is 0 Å². The van der Waals surface area contributed by atoms with Crippen molar-refractivity contribution in [3.63, 3.8) is 0 Å². The van der Waals surface area contributed by atoms with Crippen molar-refractivity contribution in [2.75, 3.05) is 6.54 Å². The van der Waals surface area contributed by atoms with Crippen LogP contribution in [0.15, 0.2) is 24.3 Å². The summed E-state index contributed by atoms with van der Waals surface area (Å²) in [6.45, 7) is 3.16. The molecule has 112 valence electrons. The molecule has 1 heterocycles. The highest BCUT2D eigenvalue weighted by molar-refractivity contribution is 6.31. The zero-order valence-electron chi connectivity index (χ0n) is 12.0. The lowest BCUT2D eigenvalue weighted by Gasteiger charge is -2.40. The Kier molecular flexibility index (Phi) is 4.32. The third-order valence-corrected chi connectivity index (χ3v) is 4.02. The lowest BCUT2D eigenvalue weighted by atomic mass is 9.97. The summed E-state index contributed by atoms with van der Waals surface area (Å²) in [4.78, 5) is 36.9. The monoisotopic (exact) mass is 308 g/mol. The predicted molar refractivity (Wildman–Crippen MR) is 78.7 cm³/mol. The highest BCUT2D eigenvalue weighted by Gasteiger charge is 2.43. The second-order valence-electron chi connectivity index (χ2n) is 5.51. The molecule has 0 saturated carbocycles. The second-order valence-corrected chi connectivity index (χ2v) is 5.91. The van der Waals surface area contributed by atoms with Crippen molar-refractivity contribution in [1.82, 2.24) is 10.2 Å². The van der Waals surface area contributed by atoms with Crippen LogP contribution in [0, 0.1) is 0 Å². The molecule has 0 atom stereocenters. The Morgan fingerprint density at radius 1 is 1.33 bits per heavy atom. The minimum Gasteiger partial charge on any atom is -0.319 e. The molecule has 0 aliphatic carbocycles. The van der Waals surface area contributed by atoms with Gasteiger partial charge in [-0.2, -0.15) is 0 Å². The standard InChI is InChI=1S/C15H17ClN2O3/c1-15(2)14(21)17-12(19)9-18(15)13(20)8-7-10-5-3-4-6-11(10)16/h3-6H,7-9H2,1-2H3,(H,17,19,21). The van der Waals surface area contributed by atoms with Crippen LogP contribution < -0.4 is 5.32 Å². The minimum absolute atomic E-state index is 0.0971. The number of imide groups is 1. The topological polar surface area (TPSA) is 66.5 Å². The molecule has 0 radical (unpaired) electrons. The molecule has 1 N–H and O–H groups in total. The maximum absolute atomic E-state index is 12.3. The van der Waals surface area contributed by atoms with Gasteiger partial charge >= 0.3 is 0 Å². The van der Waals surface area contributed by atoms with Gasteiger partial charge in [0.1, 0.15) is 12.1 Å². The van der Waals surface area contributed by atoms with Crippen molar-refractivity contribution >= 4 is 29.3 Å². The van der Waals surface area contributed by atoms with Gasteiger partial charge in [0.15, 0.2) is 0 Å². The molecule has 0 bridgehead atoms. The summed E-state index contributed by atoms with van der Waals surface area (Å²) < 4.78 is 0. The van der Waals surface area contributed by atoms with E-state index in [0.29, 0.717) is 11.4 Å². The molecule has 0 aromatic heterocycles. The van der Waals surface area contributed by atoms with Crippen molar-refractivity contribution in [1.29, 1.82) is 0 Å². The van der Waals surface area contributed by atoms with Crippen molar-refractivity contribution < 1.29 is 14.4 Å². The molecule has 1 saturated heterocycles. The van der Waals surface area contributed by atoms with Gasteiger partial charge < -0.3 is 4.90 Å². The first-order valence-electron chi connectivity index (χ1n) is 6.70. The zero-order chi connectivity index (χ0) is 15.6. The van der Waals surface area contributed by atoms with Crippen molar-refractivity contribution in [2.45, 2.75) is 32.2 Å². The number of rotatable bonds is 3. The Morgan fingerprint density at radius 3 is 2.67 bits per heavy atom. The number of piperazine rings is 1. The molecule has 1 fully saturated rings. The van der Waals surface area contributed by atoms with Gasteiger partial charge in [-0.05, 0) is 31.9 Å². The molecule has 1 aliphatic heterocycles. The van der Waals surface area contributed by atoms with Gasteiger partial charge in [0.25, 0.3) is 5.91 Å². The Hall–Kier alpha value is -1.88. The fourth-order valence-corrected chi connectivity index (χ4v) is 2.49. The Bertz CT molecular complexity index is 598. The van der Waals surface area contributed by atoms with Gasteiger partial charge in [-0.25, -0.2) is 0 Å². The van der Waals surface area contributed by atoms with Crippen LogP contribution in [0.4, 0.5) is 0 Å². The number of nitrogens with zero attached hydrogens (tertiary/aromatic N) is 1. The van der Waals surface area contributed by atoms with E-state index in [2.05, 4.69) is 5.32 Å². The van der Waals surface area contributed by atoms with Crippen molar-refractivity contribution in [3.8, 4) is 0 Å². The quantitative estimate of drug-likeness (QED) is 0.861. The predicted octanol–water partition coefficient (Wildman–Crippen LogP) is 1.54. The van der Waals surface area contributed by atoms with E-state index >= 15 is 0 Å². The van der Waals surface area contributed by atoms with Gasteiger partial charge in [0, 0.05) is 11.4 Å². The summed E-state index contributed by atoms with van der Waals surface area (Å²) in [5, 5.41) is 2.85. The number of aryl methyl sites for hydroxylation is 1. The summed E-state index contributed by atoms with van der Waals surface area (Å²) in [5.41, 5.74) is -0.149. The Morgan fingerprint density at radius 2 is 2.00 bits per heavy atom. The summed E-state index contributed by atoms with van der Waals surface area (Å²) in [6.07, 6.45) is 0.675. The van der Waals surface area contributed by atoms with E-state index in [1.54, 1.807) is 19.9 Å². The van der Waals surface area contributed by atoms with Crippen LogP contribution in [-0.2, 0) is 20.8 Å². The molecule has 2 rings (SSSR count). The molecule has 3 amide bonds. The lowest BCUT2D eigenvalue weighted by molar-refractivity contribution is -0.155. The number of carbonyl (C=O) groups excluding carboxylic acids is 3. The van der Waals surface area contributed by atoms with E-state index in [1.165, 1.54) is 4.90 Å². The molecule has 21 heavy (non-hydrogen) atoms. The average molecular weight is 309 g/mol. The van der Waals surface area contributed by atoms with Gasteiger partial charge in [-0.1, -0.05) is 29.8 Å². The number of hydrogen-bond donors (Lipinski definition) is 1. The summed E-state index contributed by atoms with van der Waals surface area (Å²) in [6, 6.07) is 7.30. The molecule has 6 heteroatoms. The van der Waals surface area contributed by atoms with E-state index in [9.17, 15) is 14.4 Å². The molecule has 1 aromatic rings. The number of amides is 3. The number of halogens is 1. The van der Waals surface area contributed by atoms with E-state index in [-0.39, 0.29) is 18.9 Å². The maximum Gasteiger partial charge on any atom is 0.252 e. The van der Waals surface area contributed by atoms with E-state index in [1.807, 2.05) is 18.2 Å².